The molecular weight excluding hydrogens is 398 g/mol. The molecule has 32 heavy (non-hydrogen) atoms. The van der Waals surface area contributed by atoms with Crippen LogP contribution in [0.3, 0.4) is 0 Å². The van der Waals surface area contributed by atoms with E-state index >= 15 is 0 Å². The monoisotopic (exact) mass is 427 g/mol. The zero-order valence-corrected chi connectivity index (χ0v) is 18.4. The fourth-order valence-corrected chi connectivity index (χ4v) is 5.14. The number of fused-ring (bicyclic) bond motifs is 1. The summed E-state index contributed by atoms with van der Waals surface area (Å²) in [5.74, 6) is 0.745. The Hall–Kier alpha value is -3.21. The number of nitrogens with zero attached hydrogens (tertiary/aromatic N) is 3. The van der Waals surface area contributed by atoms with Crippen LogP contribution in [0.25, 0.3) is 10.9 Å². The number of rotatable bonds is 5. The molecule has 1 aromatic heterocycles. The maximum atomic E-state index is 13.3. The molecule has 0 N–H and O–H groups in total. The maximum Gasteiger partial charge on any atom is 0.253 e. The lowest BCUT2D eigenvalue weighted by atomic mass is 9.90. The van der Waals surface area contributed by atoms with Crippen molar-refractivity contribution >= 4 is 22.7 Å². The number of pyridine rings is 1. The molecule has 2 amide bonds. The van der Waals surface area contributed by atoms with Gasteiger partial charge in [-0.15, -0.1) is 0 Å². The third-order valence-corrected chi connectivity index (χ3v) is 6.75. The van der Waals surface area contributed by atoms with Crippen molar-refractivity contribution in [3.8, 4) is 0 Å². The smallest absolute Gasteiger partial charge is 0.253 e. The van der Waals surface area contributed by atoms with Crippen LogP contribution in [-0.4, -0.2) is 46.2 Å². The molecule has 164 valence electrons. The van der Waals surface area contributed by atoms with Crippen molar-refractivity contribution in [1.82, 2.24) is 14.8 Å². The number of piperidine rings is 1. The molecule has 0 saturated carbocycles. The van der Waals surface area contributed by atoms with E-state index in [9.17, 15) is 9.59 Å². The molecular formula is C27H29N3O2. The van der Waals surface area contributed by atoms with Gasteiger partial charge in [0, 0.05) is 49.7 Å². The van der Waals surface area contributed by atoms with Gasteiger partial charge in [-0.1, -0.05) is 36.4 Å². The second-order valence-corrected chi connectivity index (χ2v) is 9.08. The van der Waals surface area contributed by atoms with Gasteiger partial charge in [0.2, 0.25) is 5.91 Å². The summed E-state index contributed by atoms with van der Waals surface area (Å²) in [6.45, 7) is 2.99. The molecule has 2 aliphatic heterocycles. The predicted molar refractivity (Wildman–Crippen MR) is 125 cm³/mol. The maximum absolute atomic E-state index is 13.3. The summed E-state index contributed by atoms with van der Waals surface area (Å²) < 4.78 is 0. The first-order valence-electron chi connectivity index (χ1n) is 11.7. The molecule has 2 saturated heterocycles. The first-order chi connectivity index (χ1) is 15.7. The van der Waals surface area contributed by atoms with Gasteiger partial charge in [0.15, 0.2) is 0 Å². The molecule has 5 rings (SSSR count). The number of carbonyl (C=O) groups is 2. The Morgan fingerprint density at radius 3 is 2.78 bits per heavy atom. The van der Waals surface area contributed by atoms with Gasteiger partial charge in [-0.2, -0.15) is 0 Å². The van der Waals surface area contributed by atoms with Gasteiger partial charge in [0.05, 0.1) is 5.52 Å². The minimum absolute atomic E-state index is 0.0975. The molecule has 2 aliphatic rings. The van der Waals surface area contributed by atoms with Crippen LogP contribution in [0.2, 0.25) is 0 Å². The SMILES string of the molecule is O=C1CCCN1Cc1cccc(C(=O)N2CCC[C@H](Cc3cccc4cccnc34)C2)c1. The molecule has 0 unspecified atom stereocenters. The van der Waals surface area contributed by atoms with Crippen LogP contribution in [-0.2, 0) is 17.8 Å². The Balaban J connectivity index is 1.27. The van der Waals surface area contributed by atoms with E-state index in [-0.39, 0.29) is 11.8 Å². The van der Waals surface area contributed by atoms with Gasteiger partial charge in [-0.05, 0) is 60.9 Å². The molecule has 0 radical (unpaired) electrons. The van der Waals surface area contributed by atoms with E-state index in [2.05, 4.69) is 29.2 Å². The zero-order chi connectivity index (χ0) is 21.9. The van der Waals surface area contributed by atoms with Crippen molar-refractivity contribution in [3.05, 3.63) is 77.5 Å². The Morgan fingerprint density at radius 1 is 1.03 bits per heavy atom. The average Bonchev–Trinajstić information content (AvgIpc) is 3.23. The first-order valence-corrected chi connectivity index (χ1v) is 11.7. The van der Waals surface area contributed by atoms with Crippen LogP contribution >= 0.6 is 0 Å². The number of hydrogen-bond acceptors (Lipinski definition) is 3. The summed E-state index contributed by atoms with van der Waals surface area (Å²) >= 11 is 0. The van der Waals surface area contributed by atoms with Crippen molar-refractivity contribution < 1.29 is 9.59 Å². The lowest BCUT2D eigenvalue weighted by molar-refractivity contribution is -0.128. The number of likely N-dealkylation sites (tertiary alicyclic amines) is 2. The largest absolute Gasteiger partial charge is 0.338 e. The van der Waals surface area contributed by atoms with E-state index in [1.165, 1.54) is 10.9 Å². The van der Waals surface area contributed by atoms with Crippen LogP contribution in [0.15, 0.2) is 60.8 Å². The number of para-hydroxylation sites is 1. The highest BCUT2D eigenvalue weighted by Gasteiger charge is 2.26. The number of carbonyl (C=O) groups excluding carboxylic acids is 2. The summed E-state index contributed by atoms with van der Waals surface area (Å²) in [7, 11) is 0. The molecule has 2 aromatic carbocycles. The number of amides is 2. The van der Waals surface area contributed by atoms with Gasteiger partial charge >= 0.3 is 0 Å². The highest BCUT2D eigenvalue weighted by molar-refractivity contribution is 5.94. The fourth-order valence-electron chi connectivity index (χ4n) is 5.14. The Labute approximate surface area is 189 Å². The van der Waals surface area contributed by atoms with E-state index in [1.807, 2.05) is 46.3 Å². The molecule has 5 nitrogen and oxygen atoms in total. The van der Waals surface area contributed by atoms with Crippen molar-refractivity contribution in [3.63, 3.8) is 0 Å². The lowest BCUT2D eigenvalue weighted by Gasteiger charge is -2.33. The normalized spacial score (nSPS) is 19.0. The highest BCUT2D eigenvalue weighted by atomic mass is 16.2. The van der Waals surface area contributed by atoms with Crippen LogP contribution in [0, 0.1) is 5.92 Å². The minimum atomic E-state index is 0.0975. The summed E-state index contributed by atoms with van der Waals surface area (Å²) in [5, 5.41) is 1.17. The number of aromatic nitrogens is 1. The molecule has 0 bridgehead atoms. The third-order valence-electron chi connectivity index (χ3n) is 6.75. The predicted octanol–water partition coefficient (Wildman–Crippen LogP) is 4.45. The molecule has 1 atom stereocenters. The van der Waals surface area contributed by atoms with E-state index in [1.54, 1.807) is 0 Å². The van der Waals surface area contributed by atoms with E-state index in [0.29, 0.717) is 18.9 Å². The second kappa shape index (κ2) is 9.11. The van der Waals surface area contributed by atoms with Gasteiger partial charge in [-0.3, -0.25) is 14.6 Å². The summed E-state index contributed by atoms with van der Waals surface area (Å²) in [4.78, 5) is 33.7. The van der Waals surface area contributed by atoms with Crippen molar-refractivity contribution in [2.24, 2.45) is 5.92 Å². The van der Waals surface area contributed by atoms with Gasteiger partial charge in [0.1, 0.15) is 0 Å². The zero-order valence-electron chi connectivity index (χ0n) is 18.4. The summed E-state index contributed by atoms with van der Waals surface area (Å²) in [6, 6.07) is 18.3. The summed E-state index contributed by atoms with van der Waals surface area (Å²) in [6.07, 6.45) is 6.51. The first kappa shape index (κ1) is 20.7. The molecule has 3 heterocycles. The molecule has 0 spiro atoms. The van der Waals surface area contributed by atoms with E-state index in [4.69, 9.17) is 0 Å². The van der Waals surface area contributed by atoms with E-state index < -0.39 is 0 Å². The second-order valence-electron chi connectivity index (χ2n) is 9.08. The highest BCUT2D eigenvalue weighted by Crippen LogP contribution is 2.26. The Morgan fingerprint density at radius 2 is 1.91 bits per heavy atom. The number of hydrogen-bond donors (Lipinski definition) is 0. The van der Waals surface area contributed by atoms with Crippen molar-refractivity contribution in [2.45, 2.75) is 38.6 Å². The van der Waals surface area contributed by atoms with Crippen LogP contribution in [0.4, 0.5) is 0 Å². The van der Waals surface area contributed by atoms with Gasteiger partial charge < -0.3 is 9.80 Å². The standard InChI is InChI=1S/C27H29N3O2/c31-25-12-5-14-29(25)18-20-6-1-10-24(17-20)27(32)30-15-4-7-21(19-30)16-23-9-2-8-22-11-3-13-28-26(22)23/h1-3,6,8-11,13,17,21H,4-5,7,12,14-16,18-19H2/t21-/m1/s1. The quantitative estimate of drug-likeness (QED) is 0.604. The lowest BCUT2D eigenvalue weighted by Crippen LogP contribution is -2.40. The van der Waals surface area contributed by atoms with Crippen LogP contribution < -0.4 is 0 Å². The summed E-state index contributed by atoms with van der Waals surface area (Å²) in [5.41, 5.74) is 4.09. The molecule has 2 fully saturated rings. The molecule has 5 heteroatoms. The average molecular weight is 428 g/mol. The third kappa shape index (κ3) is 4.38. The Kier molecular flexibility index (Phi) is 5.89. The molecule has 0 aliphatic carbocycles. The number of benzene rings is 2. The molecule has 3 aromatic rings. The Bertz CT molecular complexity index is 1140. The topological polar surface area (TPSA) is 53.5 Å². The van der Waals surface area contributed by atoms with Crippen molar-refractivity contribution in [1.29, 1.82) is 0 Å². The van der Waals surface area contributed by atoms with Crippen molar-refractivity contribution in [2.75, 3.05) is 19.6 Å². The van der Waals surface area contributed by atoms with Crippen LogP contribution in [0.1, 0.15) is 47.2 Å². The van der Waals surface area contributed by atoms with Gasteiger partial charge in [-0.25, -0.2) is 0 Å². The van der Waals surface area contributed by atoms with Crippen LogP contribution in [0.5, 0.6) is 0 Å². The van der Waals surface area contributed by atoms with Gasteiger partial charge in [0.25, 0.3) is 5.91 Å². The minimum Gasteiger partial charge on any atom is -0.338 e. The fraction of sp³-hybridized carbons (Fsp3) is 0.370. The van der Waals surface area contributed by atoms with E-state index in [0.717, 1.165) is 62.0 Å².